The minimum atomic E-state index is 0.348. The first-order valence-electron chi connectivity index (χ1n) is 5.88. The number of nitrogens with two attached hydrogens (primary N) is 1. The normalized spacial score (nSPS) is 20.8. The Bertz CT molecular complexity index is 426. The molecule has 0 saturated carbocycles. The average molecular weight is 290 g/mol. The third kappa shape index (κ3) is 3.17. The summed E-state index contributed by atoms with van der Waals surface area (Å²) in [6, 6.07) is 1.99. The van der Waals surface area contributed by atoms with Crippen LogP contribution in [0, 0.1) is 0 Å². The van der Waals surface area contributed by atoms with Gasteiger partial charge in [-0.1, -0.05) is 23.2 Å². The molecule has 2 rings (SSSR count). The van der Waals surface area contributed by atoms with Crippen LogP contribution in [0.4, 0.5) is 11.6 Å². The molecule has 100 valence electrons. The molecular formula is C11H17Cl2N5. The number of hydrazine groups is 1. The van der Waals surface area contributed by atoms with Crippen molar-refractivity contribution in [3.05, 3.63) is 16.1 Å². The third-order valence-electron chi connectivity index (χ3n) is 3.03. The fourth-order valence-electron chi connectivity index (χ4n) is 2.15. The zero-order valence-electron chi connectivity index (χ0n) is 10.2. The Morgan fingerprint density at radius 1 is 1.39 bits per heavy atom. The summed E-state index contributed by atoms with van der Waals surface area (Å²) in [6.07, 6.45) is 2.28. The fraction of sp³-hybridized carbons (Fsp3) is 0.545. The van der Waals surface area contributed by atoms with Gasteiger partial charge in [-0.05, 0) is 32.5 Å². The Morgan fingerprint density at radius 2 is 2.11 bits per heavy atom. The monoisotopic (exact) mass is 289 g/mol. The van der Waals surface area contributed by atoms with Gasteiger partial charge in [-0.15, -0.1) is 0 Å². The molecule has 5 nitrogen and oxygen atoms in total. The van der Waals surface area contributed by atoms with Crippen LogP contribution in [0.1, 0.15) is 12.8 Å². The predicted molar refractivity (Wildman–Crippen MR) is 76.2 cm³/mol. The average Bonchev–Trinajstić information content (AvgIpc) is 2.33. The number of aromatic nitrogens is 1. The molecule has 0 aliphatic carbocycles. The molecule has 1 saturated heterocycles. The third-order valence-corrected chi connectivity index (χ3v) is 3.61. The number of pyridine rings is 1. The van der Waals surface area contributed by atoms with E-state index in [-0.39, 0.29) is 0 Å². The fourth-order valence-corrected chi connectivity index (χ4v) is 2.61. The van der Waals surface area contributed by atoms with Gasteiger partial charge < -0.3 is 15.6 Å². The Balaban J connectivity index is 2.13. The van der Waals surface area contributed by atoms with Crippen molar-refractivity contribution in [2.45, 2.75) is 18.9 Å². The molecule has 1 fully saturated rings. The van der Waals surface area contributed by atoms with Crippen molar-refractivity contribution in [3.8, 4) is 0 Å². The van der Waals surface area contributed by atoms with E-state index in [1.165, 1.54) is 6.42 Å². The molecule has 0 amide bonds. The number of halogens is 2. The number of anilines is 2. The van der Waals surface area contributed by atoms with Crippen LogP contribution in [0.5, 0.6) is 0 Å². The van der Waals surface area contributed by atoms with Gasteiger partial charge in [0.05, 0.1) is 10.0 Å². The van der Waals surface area contributed by atoms with Crippen molar-refractivity contribution >= 4 is 34.8 Å². The molecule has 1 aliphatic rings. The van der Waals surface area contributed by atoms with Gasteiger partial charge in [0.1, 0.15) is 5.82 Å². The molecule has 2 heterocycles. The molecule has 1 aliphatic heterocycles. The van der Waals surface area contributed by atoms with E-state index in [0.717, 1.165) is 19.5 Å². The molecule has 0 aromatic carbocycles. The number of hydrogen-bond acceptors (Lipinski definition) is 5. The van der Waals surface area contributed by atoms with Crippen molar-refractivity contribution in [3.63, 3.8) is 0 Å². The highest BCUT2D eigenvalue weighted by Crippen LogP contribution is 2.29. The summed E-state index contributed by atoms with van der Waals surface area (Å²) in [6.45, 7) is 2.11. The van der Waals surface area contributed by atoms with Crippen LogP contribution >= 0.6 is 23.2 Å². The SMILES string of the molecule is CN1CCCC(Nc2nc(NN)c(Cl)cc2Cl)C1. The molecule has 7 heteroatoms. The maximum atomic E-state index is 6.12. The highest BCUT2D eigenvalue weighted by molar-refractivity contribution is 6.37. The van der Waals surface area contributed by atoms with E-state index in [1.54, 1.807) is 6.07 Å². The minimum Gasteiger partial charge on any atom is -0.365 e. The number of likely N-dealkylation sites (tertiary alicyclic amines) is 1. The van der Waals surface area contributed by atoms with Gasteiger partial charge in [0, 0.05) is 12.6 Å². The van der Waals surface area contributed by atoms with Gasteiger partial charge in [0.25, 0.3) is 0 Å². The standard InChI is InChI=1S/C11H17Cl2N5/c1-18-4-2-3-7(6-18)15-10-8(12)5-9(13)11(16-10)17-14/h5,7H,2-4,6,14H2,1H3,(H2,15,16,17). The predicted octanol–water partition coefficient (Wildman–Crippen LogP) is 2.18. The van der Waals surface area contributed by atoms with Gasteiger partial charge in [0.15, 0.2) is 5.82 Å². The van der Waals surface area contributed by atoms with Crippen molar-refractivity contribution in [2.75, 3.05) is 30.9 Å². The van der Waals surface area contributed by atoms with Crippen molar-refractivity contribution in [1.29, 1.82) is 0 Å². The summed E-state index contributed by atoms with van der Waals surface area (Å²) in [5, 5.41) is 4.26. The molecular weight excluding hydrogens is 273 g/mol. The Labute approximate surface area is 117 Å². The first-order chi connectivity index (χ1) is 8.60. The van der Waals surface area contributed by atoms with E-state index in [1.807, 2.05) is 0 Å². The van der Waals surface area contributed by atoms with Crippen LogP contribution in [-0.4, -0.2) is 36.1 Å². The first kappa shape index (κ1) is 13.7. The second-order valence-electron chi connectivity index (χ2n) is 4.54. The number of nitrogens with one attached hydrogen (secondary N) is 2. The van der Waals surface area contributed by atoms with Gasteiger partial charge in [-0.3, -0.25) is 0 Å². The van der Waals surface area contributed by atoms with Gasteiger partial charge in [-0.25, -0.2) is 10.8 Å². The lowest BCUT2D eigenvalue weighted by Crippen LogP contribution is -2.40. The zero-order valence-corrected chi connectivity index (χ0v) is 11.7. The summed E-state index contributed by atoms with van der Waals surface area (Å²) >= 11 is 12.1. The molecule has 1 unspecified atom stereocenters. The summed E-state index contributed by atoms with van der Waals surface area (Å²) in [4.78, 5) is 6.56. The summed E-state index contributed by atoms with van der Waals surface area (Å²) in [7, 11) is 2.11. The van der Waals surface area contributed by atoms with Crippen molar-refractivity contribution in [1.82, 2.24) is 9.88 Å². The van der Waals surface area contributed by atoms with E-state index in [0.29, 0.717) is 27.7 Å². The first-order valence-corrected chi connectivity index (χ1v) is 6.63. The van der Waals surface area contributed by atoms with Crippen LogP contribution in [0.15, 0.2) is 6.07 Å². The Hall–Kier alpha value is -0.750. The van der Waals surface area contributed by atoms with Crippen molar-refractivity contribution < 1.29 is 0 Å². The van der Waals surface area contributed by atoms with E-state index in [9.17, 15) is 0 Å². The van der Waals surface area contributed by atoms with Crippen LogP contribution in [0.3, 0.4) is 0 Å². The number of likely N-dealkylation sites (N-methyl/N-ethyl adjacent to an activating group) is 1. The van der Waals surface area contributed by atoms with E-state index in [2.05, 4.69) is 27.7 Å². The van der Waals surface area contributed by atoms with Crippen LogP contribution in [-0.2, 0) is 0 Å². The molecule has 4 N–H and O–H groups in total. The van der Waals surface area contributed by atoms with Gasteiger partial charge >= 0.3 is 0 Å². The Morgan fingerprint density at radius 3 is 2.78 bits per heavy atom. The van der Waals surface area contributed by atoms with E-state index >= 15 is 0 Å². The zero-order chi connectivity index (χ0) is 13.1. The number of nitrogens with zero attached hydrogens (tertiary/aromatic N) is 2. The van der Waals surface area contributed by atoms with E-state index < -0.39 is 0 Å². The smallest absolute Gasteiger partial charge is 0.161 e. The molecule has 1 aromatic rings. The highest BCUT2D eigenvalue weighted by Gasteiger charge is 2.19. The molecule has 1 aromatic heterocycles. The van der Waals surface area contributed by atoms with E-state index in [4.69, 9.17) is 29.0 Å². The topological polar surface area (TPSA) is 66.2 Å². The van der Waals surface area contributed by atoms with Gasteiger partial charge in [-0.2, -0.15) is 0 Å². The number of hydrogen-bond donors (Lipinski definition) is 3. The molecule has 18 heavy (non-hydrogen) atoms. The maximum Gasteiger partial charge on any atom is 0.161 e. The second kappa shape index (κ2) is 5.93. The van der Waals surface area contributed by atoms with Gasteiger partial charge in [0.2, 0.25) is 0 Å². The van der Waals surface area contributed by atoms with Crippen LogP contribution in [0.2, 0.25) is 10.0 Å². The van der Waals surface area contributed by atoms with Crippen molar-refractivity contribution in [2.24, 2.45) is 5.84 Å². The lowest BCUT2D eigenvalue weighted by molar-refractivity contribution is 0.261. The molecule has 1 atom stereocenters. The number of piperidine rings is 1. The number of rotatable bonds is 3. The quantitative estimate of drug-likeness (QED) is 0.588. The molecule has 0 radical (unpaired) electrons. The summed E-state index contributed by atoms with van der Waals surface area (Å²) in [5.41, 5.74) is 2.46. The lowest BCUT2D eigenvalue weighted by atomic mass is 10.1. The number of nitrogen functional groups attached to an aromatic ring is 1. The minimum absolute atomic E-state index is 0.348. The van der Waals surface area contributed by atoms with Crippen LogP contribution < -0.4 is 16.6 Å². The largest absolute Gasteiger partial charge is 0.365 e. The second-order valence-corrected chi connectivity index (χ2v) is 5.35. The molecule has 0 bridgehead atoms. The summed E-state index contributed by atoms with van der Waals surface area (Å²) in [5.74, 6) is 6.39. The maximum absolute atomic E-state index is 6.12. The molecule has 0 spiro atoms. The highest BCUT2D eigenvalue weighted by atomic mass is 35.5. The summed E-state index contributed by atoms with van der Waals surface area (Å²) < 4.78 is 0. The lowest BCUT2D eigenvalue weighted by Gasteiger charge is -2.30. The van der Waals surface area contributed by atoms with Crippen LogP contribution in [0.25, 0.3) is 0 Å². The Kier molecular flexibility index (Phi) is 4.50.